The first-order chi connectivity index (χ1) is 11.5. The van der Waals surface area contributed by atoms with E-state index in [4.69, 9.17) is 4.74 Å². The SMILES string of the molecule is CCCc1[nH+]c(NC[C@H]2CCCO2)c(C#N)c2c1CSC(C)(C)C2. The Balaban J connectivity index is 1.95. The molecule has 0 radical (unpaired) electrons. The molecule has 24 heavy (non-hydrogen) atoms. The Labute approximate surface area is 149 Å². The van der Waals surface area contributed by atoms with Crippen molar-refractivity contribution in [3.05, 3.63) is 22.4 Å². The van der Waals surface area contributed by atoms with Gasteiger partial charge in [-0.05, 0) is 31.2 Å². The normalized spacial score (nSPS) is 22.0. The lowest BCUT2D eigenvalue weighted by molar-refractivity contribution is -0.375. The molecule has 2 aliphatic heterocycles. The number of anilines is 1. The second-order valence-corrected chi connectivity index (χ2v) is 9.10. The molecule has 0 bridgehead atoms. The van der Waals surface area contributed by atoms with Crippen LogP contribution in [0.15, 0.2) is 0 Å². The molecule has 1 aromatic heterocycles. The van der Waals surface area contributed by atoms with Crippen molar-refractivity contribution >= 4 is 17.6 Å². The Bertz CT molecular complexity index is 645. The van der Waals surface area contributed by atoms with Crippen LogP contribution in [0.2, 0.25) is 0 Å². The van der Waals surface area contributed by atoms with E-state index in [1.807, 2.05) is 11.8 Å². The van der Waals surface area contributed by atoms with Crippen molar-refractivity contribution in [3.63, 3.8) is 0 Å². The summed E-state index contributed by atoms with van der Waals surface area (Å²) in [5.41, 5.74) is 4.71. The van der Waals surface area contributed by atoms with Crippen molar-refractivity contribution < 1.29 is 9.72 Å². The highest BCUT2D eigenvalue weighted by Gasteiger charge is 2.33. The number of hydrogen-bond acceptors (Lipinski definition) is 4. The lowest BCUT2D eigenvalue weighted by Crippen LogP contribution is -2.32. The van der Waals surface area contributed by atoms with Crippen molar-refractivity contribution in [2.75, 3.05) is 18.5 Å². The number of nitriles is 1. The number of H-pyrrole nitrogens is 1. The summed E-state index contributed by atoms with van der Waals surface area (Å²) in [5, 5.41) is 13.3. The van der Waals surface area contributed by atoms with Gasteiger partial charge in [0.25, 0.3) is 5.82 Å². The molecule has 0 saturated carbocycles. The zero-order chi connectivity index (χ0) is 17.2. The van der Waals surface area contributed by atoms with Crippen molar-refractivity contribution in [3.8, 4) is 6.07 Å². The van der Waals surface area contributed by atoms with Crippen molar-refractivity contribution in [2.24, 2.45) is 0 Å². The van der Waals surface area contributed by atoms with E-state index in [0.717, 1.165) is 62.4 Å². The number of nitrogens with one attached hydrogen (secondary N) is 2. The van der Waals surface area contributed by atoms with E-state index in [1.54, 1.807) is 0 Å². The van der Waals surface area contributed by atoms with Crippen molar-refractivity contribution in [2.45, 2.75) is 69.5 Å². The smallest absolute Gasteiger partial charge is 0.290 e. The van der Waals surface area contributed by atoms with Gasteiger partial charge in [-0.1, -0.05) is 20.8 Å². The van der Waals surface area contributed by atoms with Crippen LogP contribution < -0.4 is 10.3 Å². The van der Waals surface area contributed by atoms with E-state index in [0.29, 0.717) is 0 Å². The van der Waals surface area contributed by atoms with E-state index in [-0.39, 0.29) is 10.9 Å². The summed E-state index contributed by atoms with van der Waals surface area (Å²) in [7, 11) is 0. The maximum absolute atomic E-state index is 9.81. The molecule has 0 aromatic carbocycles. The van der Waals surface area contributed by atoms with Crippen LogP contribution in [-0.2, 0) is 23.3 Å². The van der Waals surface area contributed by atoms with Gasteiger partial charge in [0.2, 0.25) is 0 Å². The number of aromatic nitrogens is 1. The highest BCUT2D eigenvalue weighted by atomic mass is 32.2. The molecule has 2 aliphatic rings. The van der Waals surface area contributed by atoms with Crippen LogP contribution in [0.5, 0.6) is 0 Å². The van der Waals surface area contributed by atoms with E-state index in [1.165, 1.54) is 16.8 Å². The Morgan fingerprint density at radius 2 is 2.25 bits per heavy atom. The minimum absolute atomic E-state index is 0.190. The largest absolute Gasteiger partial charge is 0.374 e. The number of nitrogens with zero attached hydrogens (tertiary/aromatic N) is 1. The summed E-state index contributed by atoms with van der Waals surface area (Å²) in [5.74, 6) is 1.88. The first-order valence-corrected chi connectivity index (χ1v) is 10.0. The first kappa shape index (κ1) is 17.6. The second-order valence-electron chi connectivity index (χ2n) is 7.41. The molecule has 3 heterocycles. The van der Waals surface area contributed by atoms with Crippen LogP contribution in [0.25, 0.3) is 0 Å². The highest BCUT2D eigenvalue weighted by molar-refractivity contribution is 7.99. The van der Waals surface area contributed by atoms with Gasteiger partial charge < -0.3 is 4.74 Å². The van der Waals surface area contributed by atoms with Crippen LogP contribution in [0.4, 0.5) is 5.82 Å². The molecule has 0 aliphatic carbocycles. The fraction of sp³-hybridized carbons (Fsp3) is 0.684. The summed E-state index contributed by atoms with van der Waals surface area (Å²) < 4.78 is 5.90. The third-order valence-corrected chi connectivity index (χ3v) is 6.27. The zero-order valence-electron chi connectivity index (χ0n) is 15.0. The summed E-state index contributed by atoms with van der Waals surface area (Å²) in [6.07, 6.45) is 5.60. The average molecular weight is 347 g/mol. The monoisotopic (exact) mass is 346 g/mol. The molecule has 2 N–H and O–H groups in total. The van der Waals surface area contributed by atoms with Crippen LogP contribution in [0, 0.1) is 11.3 Å². The topological polar surface area (TPSA) is 59.2 Å². The highest BCUT2D eigenvalue weighted by Crippen LogP contribution is 2.41. The molecule has 1 saturated heterocycles. The third kappa shape index (κ3) is 3.70. The van der Waals surface area contributed by atoms with E-state index >= 15 is 0 Å². The quantitative estimate of drug-likeness (QED) is 0.887. The van der Waals surface area contributed by atoms with Gasteiger partial charge in [0.15, 0.2) is 0 Å². The Hall–Kier alpha value is -1.25. The van der Waals surface area contributed by atoms with Gasteiger partial charge in [-0.2, -0.15) is 17.0 Å². The third-order valence-electron chi connectivity index (χ3n) is 4.91. The molecule has 1 aromatic rings. The van der Waals surface area contributed by atoms with Crippen LogP contribution >= 0.6 is 11.8 Å². The number of thioether (sulfide) groups is 1. The minimum Gasteiger partial charge on any atom is -0.374 e. The van der Waals surface area contributed by atoms with Gasteiger partial charge in [-0.15, -0.1) is 0 Å². The fourth-order valence-electron chi connectivity index (χ4n) is 3.63. The maximum Gasteiger partial charge on any atom is 0.290 e. The van der Waals surface area contributed by atoms with E-state index < -0.39 is 0 Å². The maximum atomic E-state index is 9.81. The Kier molecular flexibility index (Phi) is 5.36. The van der Waals surface area contributed by atoms with Gasteiger partial charge in [0.05, 0.1) is 6.10 Å². The fourth-order valence-corrected chi connectivity index (χ4v) is 4.76. The Morgan fingerprint density at radius 3 is 2.92 bits per heavy atom. The van der Waals surface area contributed by atoms with Crippen molar-refractivity contribution in [1.82, 2.24) is 0 Å². The lowest BCUT2D eigenvalue weighted by Gasteiger charge is -2.32. The van der Waals surface area contributed by atoms with E-state index in [9.17, 15) is 5.26 Å². The number of hydrogen-bond donors (Lipinski definition) is 1. The standard InChI is InChI=1S/C19H27N3OS/c1-4-6-17-16-12-24-19(2,3)9-14(16)15(10-20)18(22-17)21-11-13-7-5-8-23-13/h13H,4-9,11-12H2,1-3H3,(H,21,22)/p+1/t13-/m1/s1. The molecule has 1 atom stereocenters. The average Bonchev–Trinajstić information content (AvgIpc) is 3.05. The molecule has 0 unspecified atom stereocenters. The second kappa shape index (κ2) is 7.33. The number of aryl methyl sites for hydroxylation is 1. The number of aromatic amines is 1. The molecule has 4 nitrogen and oxygen atoms in total. The van der Waals surface area contributed by atoms with Gasteiger partial charge in [0, 0.05) is 29.1 Å². The van der Waals surface area contributed by atoms with Crippen molar-refractivity contribution in [1.29, 1.82) is 5.26 Å². The summed E-state index contributed by atoms with van der Waals surface area (Å²) in [6, 6.07) is 2.46. The van der Waals surface area contributed by atoms with Gasteiger partial charge in [-0.25, -0.2) is 4.98 Å². The van der Waals surface area contributed by atoms with Crippen LogP contribution in [-0.4, -0.2) is 24.0 Å². The minimum atomic E-state index is 0.190. The Morgan fingerprint density at radius 1 is 1.42 bits per heavy atom. The van der Waals surface area contributed by atoms with Gasteiger partial charge in [-0.3, -0.25) is 5.32 Å². The number of fused-ring (bicyclic) bond motifs is 1. The molecule has 5 heteroatoms. The molecule has 3 rings (SSSR count). The molecule has 1 fully saturated rings. The summed E-state index contributed by atoms with van der Waals surface area (Å²) >= 11 is 1.99. The lowest BCUT2D eigenvalue weighted by atomic mass is 9.91. The summed E-state index contributed by atoms with van der Waals surface area (Å²) in [6.45, 7) is 8.39. The van der Waals surface area contributed by atoms with Crippen LogP contribution in [0.1, 0.15) is 62.4 Å². The van der Waals surface area contributed by atoms with Crippen LogP contribution in [0.3, 0.4) is 0 Å². The molecule has 0 amide bonds. The predicted molar refractivity (Wildman–Crippen MR) is 98.2 cm³/mol. The zero-order valence-corrected chi connectivity index (χ0v) is 15.8. The van der Waals surface area contributed by atoms with Gasteiger partial charge in [0.1, 0.15) is 23.9 Å². The summed E-state index contributed by atoms with van der Waals surface area (Å²) in [4.78, 5) is 3.54. The predicted octanol–water partition coefficient (Wildman–Crippen LogP) is 3.48. The number of pyridine rings is 1. The van der Waals surface area contributed by atoms with E-state index in [2.05, 4.69) is 37.1 Å². The molecular formula is C19H28N3OS+. The molecule has 130 valence electrons. The number of ether oxygens (including phenoxy) is 1. The number of rotatable bonds is 5. The van der Waals surface area contributed by atoms with Gasteiger partial charge >= 0.3 is 0 Å². The molecule has 0 spiro atoms. The molecular weight excluding hydrogens is 318 g/mol. The first-order valence-electron chi connectivity index (χ1n) is 9.03.